The fraction of sp³-hybridized carbons (Fsp3) is 0.308. The van der Waals surface area contributed by atoms with Crippen molar-refractivity contribution in [3.63, 3.8) is 0 Å². The molecule has 0 unspecified atom stereocenters. The van der Waals surface area contributed by atoms with Crippen molar-refractivity contribution in [1.82, 2.24) is 14.8 Å². The Morgan fingerprint density at radius 2 is 2.30 bits per heavy atom. The number of thioether (sulfide) groups is 1. The van der Waals surface area contributed by atoms with Crippen LogP contribution in [0.3, 0.4) is 0 Å². The van der Waals surface area contributed by atoms with Crippen molar-refractivity contribution in [3.05, 3.63) is 33.7 Å². The first-order chi connectivity index (χ1) is 9.60. The van der Waals surface area contributed by atoms with E-state index >= 15 is 0 Å². The number of benzene rings is 1. The maximum absolute atomic E-state index is 12.0. The number of aromatic nitrogens is 3. The molecule has 0 atom stereocenters. The largest absolute Gasteiger partial charge is 0.325 e. The van der Waals surface area contributed by atoms with Crippen molar-refractivity contribution in [2.45, 2.75) is 25.5 Å². The van der Waals surface area contributed by atoms with Crippen LogP contribution in [0.25, 0.3) is 0 Å². The summed E-state index contributed by atoms with van der Waals surface area (Å²) in [5, 5.41) is 11.5. The van der Waals surface area contributed by atoms with Crippen molar-refractivity contribution in [2.24, 2.45) is 0 Å². The second-order valence-electron chi connectivity index (χ2n) is 4.20. The summed E-state index contributed by atoms with van der Waals surface area (Å²) in [7, 11) is 0. The Morgan fingerprint density at radius 3 is 3.00 bits per heavy atom. The molecule has 0 saturated heterocycles. The van der Waals surface area contributed by atoms with Gasteiger partial charge < -0.3 is 9.88 Å². The van der Waals surface area contributed by atoms with Crippen LogP contribution in [0, 0.1) is 10.5 Å². The van der Waals surface area contributed by atoms with Gasteiger partial charge in [0.15, 0.2) is 5.16 Å². The highest BCUT2D eigenvalue weighted by Gasteiger charge is 2.09. The SMILES string of the molecule is CCn1cnnc1SCC(=O)Nc1ccc(I)cc1C. The fourth-order valence-corrected chi connectivity index (χ4v) is 3.08. The number of aryl methyl sites for hydroxylation is 2. The first kappa shape index (κ1) is 15.3. The molecule has 1 N–H and O–H groups in total. The molecule has 0 fully saturated rings. The van der Waals surface area contributed by atoms with Crippen molar-refractivity contribution in [2.75, 3.05) is 11.1 Å². The minimum atomic E-state index is -0.0371. The summed E-state index contributed by atoms with van der Waals surface area (Å²) in [6.07, 6.45) is 1.67. The van der Waals surface area contributed by atoms with E-state index in [4.69, 9.17) is 0 Å². The maximum atomic E-state index is 12.0. The molecule has 1 aromatic heterocycles. The van der Waals surface area contributed by atoms with Crippen molar-refractivity contribution in [1.29, 1.82) is 0 Å². The van der Waals surface area contributed by atoms with E-state index in [0.717, 1.165) is 26.5 Å². The van der Waals surface area contributed by atoms with Crippen LogP contribution in [0.15, 0.2) is 29.7 Å². The van der Waals surface area contributed by atoms with E-state index in [9.17, 15) is 4.79 Å². The normalized spacial score (nSPS) is 10.6. The molecule has 1 heterocycles. The summed E-state index contributed by atoms with van der Waals surface area (Å²) < 4.78 is 3.07. The summed E-state index contributed by atoms with van der Waals surface area (Å²) in [4.78, 5) is 12.0. The monoisotopic (exact) mass is 402 g/mol. The van der Waals surface area contributed by atoms with Crippen LogP contribution in [0.1, 0.15) is 12.5 Å². The molecule has 2 rings (SSSR count). The van der Waals surface area contributed by atoms with Gasteiger partial charge in [0.2, 0.25) is 5.91 Å². The first-order valence-electron chi connectivity index (χ1n) is 6.16. The Balaban J connectivity index is 1.93. The van der Waals surface area contributed by atoms with Crippen LogP contribution in [-0.2, 0) is 11.3 Å². The quantitative estimate of drug-likeness (QED) is 0.617. The lowest BCUT2D eigenvalue weighted by Crippen LogP contribution is -2.15. The molecule has 0 aliphatic rings. The first-order valence-corrected chi connectivity index (χ1v) is 8.23. The van der Waals surface area contributed by atoms with E-state index in [1.807, 2.05) is 36.6 Å². The Labute approximate surface area is 135 Å². The molecule has 0 radical (unpaired) electrons. The summed E-state index contributed by atoms with van der Waals surface area (Å²) in [6.45, 7) is 4.80. The molecular weight excluding hydrogens is 387 g/mol. The summed E-state index contributed by atoms with van der Waals surface area (Å²) in [5.74, 6) is 0.286. The van der Waals surface area contributed by atoms with Crippen molar-refractivity contribution >= 4 is 45.9 Å². The number of nitrogens with zero attached hydrogens (tertiary/aromatic N) is 3. The lowest BCUT2D eigenvalue weighted by molar-refractivity contribution is -0.113. The number of hydrogen-bond acceptors (Lipinski definition) is 4. The second kappa shape index (κ2) is 7.07. The van der Waals surface area contributed by atoms with Crippen LogP contribution < -0.4 is 5.32 Å². The number of nitrogens with one attached hydrogen (secondary N) is 1. The highest BCUT2D eigenvalue weighted by atomic mass is 127. The van der Waals surface area contributed by atoms with Gasteiger partial charge >= 0.3 is 0 Å². The molecule has 20 heavy (non-hydrogen) atoms. The molecule has 2 aromatic rings. The zero-order valence-corrected chi connectivity index (χ0v) is 14.2. The van der Waals surface area contributed by atoms with Gasteiger partial charge in [-0.25, -0.2) is 0 Å². The molecular formula is C13H15IN4OS. The molecule has 0 spiro atoms. The molecule has 7 heteroatoms. The second-order valence-corrected chi connectivity index (χ2v) is 6.38. The van der Waals surface area contributed by atoms with Gasteiger partial charge in [-0.05, 0) is 60.2 Å². The standard InChI is InChI=1S/C13H15IN4OS/c1-3-18-8-15-17-13(18)20-7-12(19)16-11-5-4-10(14)6-9(11)2/h4-6,8H,3,7H2,1-2H3,(H,16,19). The fourth-order valence-electron chi connectivity index (χ4n) is 1.66. The average molecular weight is 402 g/mol. The lowest BCUT2D eigenvalue weighted by atomic mass is 10.2. The molecule has 0 bridgehead atoms. The Kier molecular flexibility index (Phi) is 5.41. The number of anilines is 1. The van der Waals surface area contributed by atoms with Gasteiger partial charge in [-0.3, -0.25) is 4.79 Å². The topological polar surface area (TPSA) is 59.8 Å². The summed E-state index contributed by atoms with van der Waals surface area (Å²) in [5.41, 5.74) is 1.92. The Hall–Kier alpha value is -1.09. The third-order valence-electron chi connectivity index (χ3n) is 2.72. The van der Waals surface area contributed by atoms with E-state index in [1.54, 1.807) is 6.33 Å². The third-order valence-corrected chi connectivity index (χ3v) is 4.37. The van der Waals surface area contributed by atoms with E-state index < -0.39 is 0 Å². The lowest BCUT2D eigenvalue weighted by Gasteiger charge is -2.08. The number of carbonyl (C=O) groups excluding carboxylic acids is 1. The Bertz CT molecular complexity index is 614. The summed E-state index contributed by atoms with van der Waals surface area (Å²) >= 11 is 3.64. The minimum absolute atomic E-state index is 0.0371. The predicted octanol–water partition coefficient (Wildman–Crippen LogP) is 2.94. The van der Waals surface area contributed by atoms with E-state index in [0.29, 0.717) is 5.75 Å². The molecule has 1 amide bonds. The molecule has 5 nitrogen and oxygen atoms in total. The number of hydrogen-bond donors (Lipinski definition) is 1. The van der Waals surface area contributed by atoms with E-state index in [1.165, 1.54) is 11.8 Å². The third kappa shape index (κ3) is 3.95. The van der Waals surface area contributed by atoms with Gasteiger partial charge in [0.05, 0.1) is 5.75 Å². The van der Waals surface area contributed by atoms with Crippen LogP contribution in [-0.4, -0.2) is 26.4 Å². The number of rotatable bonds is 5. The van der Waals surface area contributed by atoms with E-state index in [2.05, 4.69) is 38.1 Å². The highest BCUT2D eigenvalue weighted by Crippen LogP contribution is 2.19. The van der Waals surface area contributed by atoms with Gasteiger partial charge in [-0.15, -0.1) is 10.2 Å². The number of halogens is 1. The van der Waals surface area contributed by atoms with Crippen molar-refractivity contribution in [3.8, 4) is 0 Å². The van der Waals surface area contributed by atoms with Crippen molar-refractivity contribution < 1.29 is 4.79 Å². The smallest absolute Gasteiger partial charge is 0.234 e. The van der Waals surface area contributed by atoms with Crippen LogP contribution >= 0.6 is 34.4 Å². The number of amides is 1. The predicted molar refractivity (Wildman–Crippen MR) is 88.9 cm³/mol. The van der Waals surface area contributed by atoms with Gasteiger partial charge in [0.1, 0.15) is 6.33 Å². The average Bonchev–Trinajstić information content (AvgIpc) is 2.87. The van der Waals surface area contributed by atoms with Gasteiger partial charge in [-0.1, -0.05) is 11.8 Å². The molecule has 0 aliphatic carbocycles. The highest BCUT2D eigenvalue weighted by molar-refractivity contribution is 14.1. The van der Waals surface area contributed by atoms with Crippen LogP contribution in [0.2, 0.25) is 0 Å². The minimum Gasteiger partial charge on any atom is -0.325 e. The zero-order chi connectivity index (χ0) is 14.5. The molecule has 0 saturated carbocycles. The molecule has 106 valence electrons. The molecule has 1 aromatic carbocycles. The van der Waals surface area contributed by atoms with Crippen LogP contribution in [0.5, 0.6) is 0 Å². The summed E-state index contributed by atoms with van der Waals surface area (Å²) in [6, 6.07) is 5.94. The van der Waals surface area contributed by atoms with Gasteiger partial charge in [0, 0.05) is 15.8 Å². The Morgan fingerprint density at radius 1 is 1.50 bits per heavy atom. The zero-order valence-electron chi connectivity index (χ0n) is 11.3. The molecule has 0 aliphatic heterocycles. The number of carbonyl (C=O) groups is 1. The van der Waals surface area contributed by atoms with Gasteiger partial charge in [0.25, 0.3) is 0 Å². The van der Waals surface area contributed by atoms with E-state index in [-0.39, 0.29) is 5.91 Å². The maximum Gasteiger partial charge on any atom is 0.234 e. The van der Waals surface area contributed by atoms with Gasteiger partial charge in [-0.2, -0.15) is 0 Å². The van der Waals surface area contributed by atoms with Crippen LogP contribution in [0.4, 0.5) is 5.69 Å².